The van der Waals surface area contributed by atoms with E-state index in [0.717, 1.165) is 30.4 Å². The van der Waals surface area contributed by atoms with Gasteiger partial charge in [0.1, 0.15) is 5.75 Å². The van der Waals surface area contributed by atoms with E-state index < -0.39 is 0 Å². The van der Waals surface area contributed by atoms with E-state index in [-0.39, 0.29) is 6.29 Å². The van der Waals surface area contributed by atoms with Gasteiger partial charge in [0.25, 0.3) is 0 Å². The number of rotatable bonds is 3. The van der Waals surface area contributed by atoms with Crippen molar-refractivity contribution in [3.8, 4) is 5.75 Å². The summed E-state index contributed by atoms with van der Waals surface area (Å²) >= 11 is 0. The first kappa shape index (κ1) is 21.7. The van der Waals surface area contributed by atoms with Crippen LogP contribution in [0, 0.1) is 18.5 Å². The van der Waals surface area contributed by atoms with Crippen LogP contribution in [-0.2, 0) is 14.1 Å². The summed E-state index contributed by atoms with van der Waals surface area (Å²) in [6.07, 6.45) is 5.08. The molecule has 4 heteroatoms. The summed E-state index contributed by atoms with van der Waals surface area (Å²) in [6.45, 7) is 14.5. The molecule has 0 N–H and O–H groups in total. The number of ether oxygens (including phenoxy) is 3. The van der Waals surface area contributed by atoms with Crippen molar-refractivity contribution in [2.45, 2.75) is 65.8 Å². The average Bonchev–Trinajstić information content (AvgIpc) is 2.68. The van der Waals surface area contributed by atoms with Crippen LogP contribution in [0.25, 0.3) is 0 Å². The standard InChI is InChI=1S/C18H26O3.C2H6.CO/c1-13-3-7-16(8-4-13)21-17-9-5-15(6-10-17)18-19-11-14(2)12-20-18;2*1-2/h5-6,9-10,13-14,16,18H,3-4,7-8,11-12H2,1-2H3;1-2H3;. The van der Waals surface area contributed by atoms with Crippen molar-refractivity contribution in [2.75, 3.05) is 13.2 Å². The van der Waals surface area contributed by atoms with Gasteiger partial charge in [0.05, 0.1) is 19.3 Å². The molecule has 0 amide bonds. The van der Waals surface area contributed by atoms with E-state index in [1.54, 1.807) is 0 Å². The topological polar surface area (TPSA) is 47.6 Å². The van der Waals surface area contributed by atoms with Crippen molar-refractivity contribution >= 4 is 0 Å². The molecule has 0 radical (unpaired) electrons. The molecule has 0 aromatic heterocycles. The number of hydrogen-bond acceptors (Lipinski definition) is 3. The summed E-state index contributed by atoms with van der Waals surface area (Å²) < 4.78 is 25.0. The summed E-state index contributed by atoms with van der Waals surface area (Å²) in [7, 11) is 0. The van der Waals surface area contributed by atoms with Gasteiger partial charge < -0.3 is 14.2 Å². The van der Waals surface area contributed by atoms with Crippen molar-refractivity contribution in [3.05, 3.63) is 36.5 Å². The van der Waals surface area contributed by atoms with E-state index >= 15 is 0 Å². The molecule has 2 aliphatic rings. The molecule has 3 rings (SSSR count). The van der Waals surface area contributed by atoms with Gasteiger partial charge >= 0.3 is 11.3 Å². The van der Waals surface area contributed by atoms with Gasteiger partial charge in [-0.25, -0.2) is 0 Å². The van der Waals surface area contributed by atoms with E-state index in [9.17, 15) is 0 Å². The van der Waals surface area contributed by atoms with E-state index in [1.165, 1.54) is 25.7 Å². The van der Waals surface area contributed by atoms with Crippen molar-refractivity contribution in [3.63, 3.8) is 0 Å². The fraction of sp³-hybridized carbons (Fsp3) is 0.667. The van der Waals surface area contributed by atoms with Crippen molar-refractivity contribution < 1.29 is 18.9 Å². The maximum absolute atomic E-state index is 7.50. The van der Waals surface area contributed by atoms with E-state index in [1.807, 2.05) is 26.0 Å². The second-order valence-corrected chi connectivity index (χ2v) is 6.67. The molecule has 25 heavy (non-hydrogen) atoms. The normalized spacial score (nSPS) is 28.6. The molecule has 0 unspecified atom stereocenters. The molecule has 0 spiro atoms. The molecule has 1 aromatic carbocycles. The Morgan fingerprint density at radius 2 is 1.40 bits per heavy atom. The summed E-state index contributed by atoms with van der Waals surface area (Å²) in [5.41, 5.74) is 1.08. The van der Waals surface area contributed by atoms with Crippen molar-refractivity contribution in [1.29, 1.82) is 0 Å². The molecule has 1 aromatic rings. The summed E-state index contributed by atoms with van der Waals surface area (Å²) in [5.74, 6) is 2.30. The quantitative estimate of drug-likeness (QED) is 0.549. The maximum atomic E-state index is 7.50. The van der Waals surface area contributed by atoms with Crippen LogP contribution in [0.4, 0.5) is 0 Å². The van der Waals surface area contributed by atoms with Crippen LogP contribution in [0.2, 0.25) is 0 Å². The molecule has 1 saturated carbocycles. The number of hydrogen-bond donors (Lipinski definition) is 0. The fourth-order valence-corrected chi connectivity index (χ4v) is 3.04. The molecular formula is C21H32O4. The molecule has 1 heterocycles. The second-order valence-electron chi connectivity index (χ2n) is 6.67. The van der Waals surface area contributed by atoms with Gasteiger partial charge in [-0.1, -0.05) is 39.8 Å². The molecule has 140 valence electrons. The Morgan fingerprint density at radius 3 is 1.92 bits per heavy atom. The van der Waals surface area contributed by atoms with Gasteiger partial charge in [-0.15, -0.1) is 0 Å². The fourth-order valence-electron chi connectivity index (χ4n) is 3.04. The van der Waals surface area contributed by atoms with Gasteiger partial charge in [0, 0.05) is 11.5 Å². The van der Waals surface area contributed by atoms with Gasteiger partial charge in [0.15, 0.2) is 6.29 Å². The molecular weight excluding hydrogens is 316 g/mol. The van der Waals surface area contributed by atoms with Crippen LogP contribution in [-0.4, -0.2) is 19.3 Å². The molecule has 1 aliphatic heterocycles. The third kappa shape index (κ3) is 7.21. The van der Waals surface area contributed by atoms with E-state index in [2.05, 4.69) is 32.6 Å². The predicted molar refractivity (Wildman–Crippen MR) is 97.6 cm³/mol. The minimum absolute atomic E-state index is 0.217. The zero-order valence-electron chi connectivity index (χ0n) is 16.0. The van der Waals surface area contributed by atoms with Gasteiger partial charge in [-0.3, -0.25) is 0 Å². The van der Waals surface area contributed by atoms with Gasteiger partial charge in [-0.05, 0) is 43.7 Å². The Morgan fingerprint density at radius 1 is 0.880 bits per heavy atom. The van der Waals surface area contributed by atoms with Crippen LogP contribution in [0.5, 0.6) is 5.75 Å². The number of benzene rings is 1. The second kappa shape index (κ2) is 12.1. The molecule has 1 saturated heterocycles. The third-order valence-electron chi connectivity index (χ3n) is 4.48. The zero-order chi connectivity index (χ0) is 18.7. The van der Waals surface area contributed by atoms with Crippen LogP contribution in [0.3, 0.4) is 0 Å². The van der Waals surface area contributed by atoms with Crippen LogP contribution < -0.4 is 4.74 Å². The van der Waals surface area contributed by atoms with Crippen LogP contribution in [0.15, 0.2) is 24.3 Å². The SMILES string of the molecule is CC.CC1CCC(Oc2ccc(C3OCC(C)CO3)cc2)CC1.[C-]#[O+]. The molecule has 2 fully saturated rings. The summed E-state index contributed by atoms with van der Waals surface area (Å²) in [5, 5.41) is 0. The van der Waals surface area contributed by atoms with E-state index in [0.29, 0.717) is 12.0 Å². The first-order valence-electron chi connectivity index (χ1n) is 9.41. The van der Waals surface area contributed by atoms with Crippen molar-refractivity contribution in [1.82, 2.24) is 0 Å². The Bertz CT molecular complexity index is 466. The molecule has 0 bridgehead atoms. The summed E-state index contributed by atoms with van der Waals surface area (Å²) in [6, 6.07) is 8.19. The average molecular weight is 348 g/mol. The van der Waals surface area contributed by atoms with Crippen LogP contribution >= 0.6 is 0 Å². The molecule has 4 nitrogen and oxygen atoms in total. The van der Waals surface area contributed by atoms with Gasteiger partial charge in [0.2, 0.25) is 0 Å². The Hall–Kier alpha value is -1.32. The van der Waals surface area contributed by atoms with E-state index in [4.69, 9.17) is 18.9 Å². The monoisotopic (exact) mass is 348 g/mol. The van der Waals surface area contributed by atoms with Crippen LogP contribution in [0.1, 0.15) is 65.2 Å². The Balaban J connectivity index is 0.000000730. The van der Waals surface area contributed by atoms with Crippen molar-refractivity contribution in [2.24, 2.45) is 11.8 Å². The molecule has 0 atom stereocenters. The minimum atomic E-state index is -0.217. The summed E-state index contributed by atoms with van der Waals surface area (Å²) in [4.78, 5) is 0. The first-order chi connectivity index (χ1) is 12.2. The molecule has 1 aliphatic carbocycles. The Kier molecular flexibility index (Phi) is 10.5. The Labute approximate surface area is 152 Å². The first-order valence-corrected chi connectivity index (χ1v) is 9.41. The predicted octanol–water partition coefficient (Wildman–Crippen LogP) is 5.31. The van der Waals surface area contributed by atoms with Gasteiger partial charge in [-0.2, -0.15) is 0 Å². The zero-order valence-corrected chi connectivity index (χ0v) is 16.0. The third-order valence-corrected chi connectivity index (χ3v) is 4.48.